The van der Waals surface area contributed by atoms with Gasteiger partial charge in [0.1, 0.15) is 6.33 Å². The minimum absolute atomic E-state index is 0.0150. The fourth-order valence-corrected chi connectivity index (χ4v) is 3.79. The van der Waals surface area contributed by atoms with E-state index in [0.29, 0.717) is 13.1 Å². The zero-order chi connectivity index (χ0) is 17.8. The monoisotopic (exact) mass is 368 g/mol. The first kappa shape index (κ1) is 16.7. The van der Waals surface area contributed by atoms with Crippen LogP contribution in [-0.2, 0) is 11.3 Å². The Morgan fingerprint density at radius 1 is 1.27 bits per heavy atom. The van der Waals surface area contributed by atoms with Gasteiger partial charge in [0, 0.05) is 30.4 Å². The number of hydrogen-bond acceptors (Lipinski definition) is 6. The number of carbonyl (C=O) groups excluding carboxylic acids is 1. The minimum atomic E-state index is -0.0150. The van der Waals surface area contributed by atoms with Crippen molar-refractivity contribution in [1.82, 2.24) is 25.1 Å². The summed E-state index contributed by atoms with van der Waals surface area (Å²) in [4.78, 5) is 19.8. The van der Waals surface area contributed by atoms with Gasteiger partial charge in [-0.1, -0.05) is 6.07 Å². The second-order valence-corrected chi connectivity index (χ2v) is 7.33. The van der Waals surface area contributed by atoms with Crippen LogP contribution in [0.25, 0.3) is 5.82 Å². The van der Waals surface area contributed by atoms with Crippen LogP contribution in [0, 0.1) is 5.92 Å². The average molecular weight is 368 g/mol. The van der Waals surface area contributed by atoms with E-state index in [1.54, 1.807) is 23.9 Å². The molecule has 1 fully saturated rings. The first-order chi connectivity index (χ1) is 12.8. The van der Waals surface area contributed by atoms with Crippen LogP contribution in [0.1, 0.15) is 17.7 Å². The Hall–Kier alpha value is -2.74. The van der Waals surface area contributed by atoms with E-state index in [1.807, 2.05) is 40.4 Å². The predicted molar refractivity (Wildman–Crippen MR) is 100 cm³/mol. The molecule has 4 rings (SSSR count). The molecular weight excluding hydrogens is 348 g/mol. The molecule has 1 atom stereocenters. The van der Waals surface area contributed by atoms with Crippen LogP contribution in [0.2, 0.25) is 0 Å². The fraction of sp³-hybridized carbons (Fsp3) is 0.333. The topological polar surface area (TPSA) is 75.9 Å². The van der Waals surface area contributed by atoms with Gasteiger partial charge in [-0.2, -0.15) is 0 Å². The van der Waals surface area contributed by atoms with Crippen molar-refractivity contribution in [2.45, 2.75) is 19.4 Å². The Morgan fingerprint density at radius 2 is 2.15 bits per heavy atom. The van der Waals surface area contributed by atoms with Crippen molar-refractivity contribution in [2.24, 2.45) is 5.92 Å². The summed E-state index contributed by atoms with van der Waals surface area (Å²) in [6.45, 7) is 2.18. The second kappa shape index (κ2) is 7.65. The number of carbonyl (C=O) groups is 1. The van der Waals surface area contributed by atoms with Crippen LogP contribution >= 0.6 is 11.3 Å². The number of thiophene rings is 1. The molecule has 7 nitrogen and oxygen atoms in total. The number of amides is 1. The molecule has 1 amide bonds. The molecule has 134 valence electrons. The number of nitrogens with zero attached hydrogens (tertiary/aromatic N) is 5. The summed E-state index contributed by atoms with van der Waals surface area (Å²) in [5.74, 6) is 1.64. The summed E-state index contributed by atoms with van der Waals surface area (Å²) < 4.78 is 1.81. The summed E-state index contributed by atoms with van der Waals surface area (Å²) >= 11 is 1.66. The highest BCUT2D eigenvalue weighted by molar-refractivity contribution is 7.09. The molecule has 4 heterocycles. The van der Waals surface area contributed by atoms with E-state index in [2.05, 4.69) is 25.4 Å². The van der Waals surface area contributed by atoms with E-state index >= 15 is 0 Å². The van der Waals surface area contributed by atoms with Gasteiger partial charge in [0.25, 0.3) is 0 Å². The molecule has 3 aromatic rings. The summed E-state index contributed by atoms with van der Waals surface area (Å²) in [5, 5.41) is 13.7. The smallest absolute Gasteiger partial charge is 0.225 e. The minimum Gasteiger partial charge on any atom is -0.354 e. The maximum absolute atomic E-state index is 12.5. The van der Waals surface area contributed by atoms with Crippen molar-refractivity contribution in [1.29, 1.82) is 0 Å². The van der Waals surface area contributed by atoms with Crippen LogP contribution in [0.4, 0.5) is 5.82 Å². The number of piperidine rings is 1. The van der Waals surface area contributed by atoms with Crippen LogP contribution in [0.5, 0.6) is 0 Å². The molecule has 1 aliphatic rings. The third-order valence-corrected chi connectivity index (χ3v) is 5.41. The number of imidazole rings is 1. The maximum atomic E-state index is 12.5. The first-order valence-corrected chi connectivity index (χ1v) is 9.54. The molecule has 0 bridgehead atoms. The third kappa shape index (κ3) is 3.75. The standard InChI is InChI=1S/C18H20N6OS/c25-18(20-11-15-4-2-10-26-15)14-3-1-8-23(12-14)16-5-6-17(22-21-16)24-9-7-19-13-24/h2,4-7,9-10,13-14H,1,3,8,11-12H2,(H,20,25)/t14-/m1/s1. The van der Waals surface area contributed by atoms with E-state index < -0.39 is 0 Å². The number of nitrogens with one attached hydrogen (secondary N) is 1. The van der Waals surface area contributed by atoms with Gasteiger partial charge < -0.3 is 10.2 Å². The van der Waals surface area contributed by atoms with Gasteiger partial charge in [0.2, 0.25) is 5.91 Å². The fourth-order valence-electron chi connectivity index (χ4n) is 3.15. The Balaban J connectivity index is 1.37. The van der Waals surface area contributed by atoms with Gasteiger partial charge >= 0.3 is 0 Å². The van der Waals surface area contributed by atoms with Gasteiger partial charge in [0.05, 0.1) is 12.5 Å². The zero-order valence-corrected chi connectivity index (χ0v) is 15.1. The summed E-state index contributed by atoms with van der Waals surface area (Å²) in [6, 6.07) is 7.91. The van der Waals surface area contributed by atoms with Gasteiger partial charge in [0.15, 0.2) is 11.6 Å². The molecule has 3 aromatic heterocycles. The number of anilines is 1. The van der Waals surface area contributed by atoms with E-state index in [9.17, 15) is 4.79 Å². The normalized spacial score (nSPS) is 17.2. The summed E-state index contributed by atoms with van der Waals surface area (Å²) in [7, 11) is 0. The molecule has 0 aliphatic carbocycles. The molecular formula is C18H20N6OS. The summed E-state index contributed by atoms with van der Waals surface area (Å²) in [6.07, 6.45) is 7.12. The first-order valence-electron chi connectivity index (χ1n) is 8.67. The number of aromatic nitrogens is 4. The Morgan fingerprint density at radius 3 is 2.88 bits per heavy atom. The van der Waals surface area contributed by atoms with Crippen molar-refractivity contribution in [3.8, 4) is 5.82 Å². The van der Waals surface area contributed by atoms with E-state index in [4.69, 9.17) is 0 Å². The third-order valence-electron chi connectivity index (χ3n) is 4.54. The van der Waals surface area contributed by atoms with Crippen LogP contribution in [0.3, 0.4) is 0 Å². The Kier molecular flexibility index (Phi) is 4.92. The predicted octanol–water partition coefficient (Wildman–Crippen LogP) is 2.26. The van der Waals surface area contributed by atoms with E-state index in [0.717, 1.165) is 31.0 Å². The molecule has 0 saturated carbocycles. The largest absolute Gasteiger partial charge is 0.354 e. The highest BCUT2D eigenvalue weighted by Crippen LogP contribution is 2.22. The molecule has 0 aromatic carbocycles. The van der Waals surface area contributed by atoms with Gasteiger partial charge in [-0.25, -0.2) is 4.98 Å². The number of rotatable bonds is 5. The molecule has 1 saturated heterocycles. The van der Waals surface area contributed by atoms with Gasteiger partial charge in [-0.3, -0.25) is 9.36 Å². The molecule has 26 heavy (non-hydrogen) atoms. The molecule has 1 aliphatic heterocycles. The van der Waals surface area contributed by atoms with E-state index in [1.165, 1.54) is 4.88 Å². The Bertz CT molecular complexity index is 831. The molecule has 8 heteroatoms. The maximum Gasteiger partial charge on any atom is 0.225 e. The Labute approximate surface area is 155 Å². The van der Waals surface area contributed by atoms with Crippen molar-refractivity contribution in [3.05, 3.63) is 53.2 Å². The average Bonchev–Trinajstić information content (AvgIpc) is 3.40. The van der Waals surface area contributed by atoms with E-state index in [-0.39, 0.29) is 11.8 Å². The molecule has 0 unspecified atom stereocenters. The van der Waals surface area contributed by atoms with Gasteiger partial charge in [-0.15, -0.1) is 21.5 Å². The number of hydrogen-bond donors (Lipinski definition) is 1. The lowest BCUT2D eigenvalue weighted by Gasteiger charge is -2.32. The lowest BCUT2D eigenvalue weighted by atomic mass is 9.97. The zero-order valence-electron chi connectivity index (χ0n) is 14.3. The van der Waals surface area contributed by atoms with Crippen molar-refractivity contribution in [2.75, 3.05) is 18.0 Å². The summed E-state index contributed by atoms with van der Waals surface area (Å²) in [5.41, 5.74) is 0. The molecule has 0 spiro atoms. The van der Waals surface area contributed by atoms with Crippen LogP contribution in [-0.4, -0.2) is 38.7 Å². The lowest BCUT2D eigenvalue weighted by Crippen LogP contribution is -2.43. The van der Waals surface area contributed by atoms with Crippen molar-refractivity contribution >= 4 is 23.1 Å². The molecule has 0 radical (unpaired) electrons. The van der Waals surface area contributed by atoms with Crippen molar-refractivity contribution in [3.63, 3.8) is 0 Å². The quantitative estimate of drug-likeness (QED) is 0.748. The van der Waals surface area contributed by atoms with Crippen LogP contribution in [0.15, 0.2) is 48.4 Å². The molecule has 1 N–H and O–H groups in total. The van der Waals surface area contributed by atoms with Crippen molar-refractivity contribution < 1.29 is 4.79 Å². The highest BCUT2D eigenvalue weighted by Gasteiger charge is 2.26. The lowest BCUT2D eigenvalue weighted by molar-refractivity contribution is -0.125. The SMILES string of the molecule is O=C(NCc1cccs1)[C@@H]1CCCN(c2ccc(-n3ccnc3)nn2)C1. The van der Waals surface area contributed by atoms with Crippen LogP contribution < -0.4 is 10.2 Å². The van der Waals surface area contributed by atoms with Gasteiger partial charge in [-0.05, 0) is 36.4 Å². The second-order valence-electron chi connectivity index (χ2n) is 6.30. The highest BCUT2D eigenvalue weighted by atomic mass is 32.1.